The second kappa shape index (κ2) is 3.52. The quantitative estimate of drug-likeness (QED) is 0.581. The summed E-state index contributed by atoms with van der Waals surface area (Å²) in [5, 5.41) is 2.30. The molecule has 0 spiro atoms. The number of fused-ring (bicyclic) bond motifs is 3. The van der Waals surface area contributed by atoms with Crippen molar-refractivity contribution in [2.45, 2.75) is 6.92 Å². The maximum Gasteiger partial charge on any atom is 0.0854 e. The maximum atomic E-state index is 4.43. The average molecular weight is 273 g/mol. The minimum absolute atomic E-state index is 1.00. The van der Waals surface area contributed by atoms with E-state index in [9.17, 15) is 0 Å². The zero-order chi connectivity index (χ0) is 11.1. The summed E-state index contributed by atoms with van der Waals surface area (Å²) in [6.07, 6.45) is 3.64. The van der Waals surface area contributed by atoms with Crippen molar-refractivity contribution < 1.29 is 0 Å². The third-order valence-corrected chi connectivity index (χ3v) is 3.77. The summed E-state index contributed by atoms with van der Waals surface area (Å²) < 4.78 is 1.04. The highest BCUT2D eigenvalue weighted by molar-refractivity contribution is 9.10. The Balaban J connectivity index is 2.69. The van der Waals surface area contributed by atoms with E-state index in [0.717, 1.165) is 31.8 Å². The van der Waals surface area contributed by atoms with Gasteiger partial charge in [-0.3, -0.25) is 9.97 Å². The van der Waals surface area contributed by atoms with E-state index >= 15 is 0 Å². The Kier molecular flexibility index (Phi) is 2.14. The van der Waals surface area contributed by atoms with Crippen molar-refractivity contribution in [1.29, 1.82) is 0 Å². The molecule has 0 aliphatic carbocycles. The number of aromatic nitrogens is 2. The highest BCUT2D eigenvalue weighted by atomic mass is 79.9. The first kappa shape index (κ1) is 9.73. The van der Waals surface area contributed by atoms with E-state index in [0.29, 0.717) is 0 Å². The highest BCUT2D eigenvalue weighted by Gasteiger charge is 2.10. The molecule has 0 saturated carbocycles. The molecule has 3 heteroatoms. The van der Waals surface area contributed by atoms with Crippen LogP contribution in [-0.2, 0) is 0 Å². The topological polar surface area (TPSA) is 25.8 Å². The van der Waals surface area contributed by atoms with Crippen LogP contribution < -0.4 is 0 Å². The van der Waals surface area contributed by atoms with Gasteiger partial charge >= 0.3 is 0 Å². The van der Waals surface area contributed by atoms with Crippen molar-refractivity contribution in [1.82, 2.24) is 9.97 Å². The van der Waals surface area contributed by atoms with E-state index in [1.54, 1.807) is 0 Å². The monoisotopic (exact) mass is 272 g/mol. The second-order valence-electron chi connectivity index (χ2n) is 3.74. The van der Waals surface area contributed by atoms with Crippen LogP contribution in [0.15, 0.2) is 41.1 Å². The molecule has 0 aliphatic heterocycles. The molecule has 2 nitrogen and oxygen atoms in total. The zero-order valence-corrected chi connectivity index (χ0v) is 10.3. The minimum atomic E-state index is 1.00. The summed E-state index contributed by atoms with van der Waals surface area (Å²) in [5.74, 6) is 0. The Morgan fingerprint density at radius 1 is 0.938 bits per heavy atom. The summed E-state index contributed by atoms with van der Waals surface area (Å²) in [6, 6.07) is 8.08. The van der Waals surface area contributed by atoms with E-state index in [1.165, 1.54) is 0 Å². The summed E-state index contributed by atoms with van der Waals surface area (Å²) in [7, 11) is 0. The van der Waals surface area contributed by atoms with Crippen LogP contribution in [0.5, 0.6) is 0 Å². The van der Waals surface area contributed by atoms with Gasteiger partial charge in [0.25, 0.3) is 0 Å². The molecule has 0 atom stereocenters. The molecule has 16 heavy (non-hydrogen) atoms. The number of halogens is 1. The number of pyridine rings is 2. The SMILES string of the molecule is Cc1c(Br)c2ncccc2c2cccnc12. The summed E-state index contributed by atoms with van der Waals surface area (Å²) in [6.45, 7) is 2.06. The first-order chi connectivity index (χ1) is 7.79. The van der Waals surface area contributed by atoms with Crippen molar-refractivity contribution in [3.8, 4) is 0 Å². The van der Waals surface area contributed by atoms with E-state index in [4.69, 9.17) is 0 Å². The number of hydrogen-bond donors (Lipinski definition) is 0. The largest absolute Gasteiger partial charge is 0.256 e. The van der Waals surface area contributed by atoms with E-state index in [2.05, 4.69) is 45.0 Å². The predicted molar refractivity (Wildman–Crippen MR) is 69.5 cm³/mol. The molecule has 0 bridgehead atoms. The summed E-state index contributed by atoms with van der Waals surface area (Å²) in [4.78, 5) is 8.85. The molecule has 0 saturated heterocycles. The molecular weight excluding hydrogens is 264 g/mol. The van der Waals surface area contributed by atoms with Gasteiger partial charge in [-0.1, -0.05) is 12.1 Å². The summed E-state index contributed by atoms with van der Waals surface area (Å²) in [5.41, 5.74) is 3.18. The fourth-order valence-electron chi connectivity index (χ4n) is 2.00. The molecule has 2 aromatic heterocycles. The van der Waals surface area contributed by atoms with Gasteiger partial charge in [-0.15, -0.1) is 0 Å². The van der Waals surface area contributed by atoms with Crippen molar-refractivity contribution in [2.24, 2.45) is 0 Å². The molecule has 0 unspecified atom stereocenters. The van der Waals surface area contributed by atoms with Gasteiger partial charge in [-0.25, -0.2) is 0 Å². The van der Waals surface area contributed by atoms with Gasteiger partial charge in [0.1, 0.15) is 0 Å². The first-order valence-corrected chi connectivity index (χ1v) is 5.86. The Morgan fingerprint density at radius 3 is 2.19 bits per heavy atom. The molecule has 0 fully saturated rings. The molecule has 2 heterocycles. The zero-order valence-electron chi connectivity index (χ0n) is 8.74. The lowest BCUT2D eigenvalue weighted by Gasteiger charge is -2.08. The number of hydrogen-bond acceptors (Lipinski definition) is 2. The van der Waals surface area contributed by atoms with Crippen molar-refractivity contribution in [3.63, 3.8) is 0 Å². The lowest BCUT2D eigenvalue weighted by molar-refractivity contribution is 1.34. The fraction of sp³-hybridized carbons (Fsp3) is 0.0769. The highest BCUT2D eigenvalue weighted by Crippen LogP contribution is 2.33. The Morgan fingerprint density at radius 2 is 1.50 bits per heavy atom. The fourth-order valence-corrected chi connectivity index (χ4v) is 2.50. The van der Waals surface area contributed by atoms with Crippen LogP contribution in [0.3, 0.4) is 0 Å². The van der Waals surface area contributed by atoms with Crippen molar-refractivity contribution in [3.05, 3.63) is 46.7 Å². The number of rotatable bonds is 0. The molecule has 1 aromatic carbocycles. The van der Waals surface area contributed by atoms with Crippen LogP contribution in [0.4, 0.5) is 0 Å². The van der Waals surface area contributed by atoms with Gasteiger partial charge in [-0.2, -0.15) is 0 Å². The van der Waals surface area contributed by atoms with Gasteiger partial charge in [0, 0.05) is 27.6 Å². The number of nitrogens with zero attached hydrogens (tertiary/aromatic N) is 2. The normalized spacial score (nSPS) is 11.1. The molecular formula is C13H9BrN2. The minimum Gasteiger partial charge on any atom is -0.256 e. The molecule has 3 rings (SSSR count). The van der Waals surface area contributed by atoms with Gasteiger partial charge in [-0.05, 0) is 40.5 Å². The van der Waals surface area contributed by atoms with Gasteiger partial charge in [0.2, 0.25) is 0 Å². The molecule has 0 N–H and O–H groups in total. The van der Waals surface area contributed by atoms with Crippen LogP contribution >= 0.6 is 15.9 Å². The standard InChI is InChI=1S/C13H9BrN2/c1-8-11(14)13-10(5-3-7-16-13)9-4-2-6-15-12(8)9/h2-7H,1H3. The smallest absolute Gasteiger partial charge is 0.0854 e. The second-order valence-corrected chi connectivity index (χ2v) is 4.53. The van der Waals surface area contributed by atoms with Crippen LogP contribution in [0.2, 0.25) is 0 Å². The lowest BCUT2D eigenvalue weighted by atomic mass is 10.1. The lowest BCUT2D eigenvalue weighted by Crippen LogP contribution is -1.89. The van der Waals surface area contributed by atoms with Gasteiger partial charge < -0.3 is 0 Å². The Labute approximate surface area is 101 Å². The van der Waals surface area contributed by atoms with Crippen molar-refractivity contribution >= 4 is 37.7 Å². The molecule has 0 amide bonds. The molecule has 0 radical (unpaired) electrons. The maximum absolute atomic E-state index is 4.43. The van der Waals surface area contributed by atoms with Crippen LogP contribution in [0.1, 0.15) is 5.56 Å². The molecule has 3 aromatic rings. The third-order valence-electron chi connectivity index (χ3n) is 2.80. The van der Waals surface area contributed by atoms with E-state index < -0.39 is 0 Å². The Bertz CT molecular complexity index is 631. The van der Waals surface area contributed by atoms with E-state index in [-0.39, 0.29) is 0 Å². The predicted octanol–water partition coefficient (Wildman–Crippen LogP) is 3.85. The van der Waals surface area contributed by atoms with Crippen LogP contribution in [-0.4, -0.2) is 9.97 Å². The molecule has 0 aliphatic rings. The Hall–Kier alpha value is -1.48. The van der Waals surface area contributed by atoms with Gasteiger partial charge in [0.15, 0.2) is 0 Å². The van der Waals surface area contributed by atoms with Crippen LogP contribution in [0, 0.1) is 6.92 Å². The van der Waals surface area contributed by atoms with E-state index in [1.807, 2.05) is 24.5 Å². The van der Waals surface area contributed by atoms with Crippen molar-refractivity contribution in [2.75, 3.05) is 0 Å². The average Bonchev–Trinajstić information content (AvgIpc) is 2.36. The number of aryl methyl sites for hydroxylation is 1. The molecule has 78 valence electrons. The van der Waals surface area contributed by atoms with Crippen LogP contribution in [0.25, 0.3) is 21.8 Å². The summed E-state index contributed by atoms with van der Waals surface area (Å²) >= 11 is 3.60. The van der Waals surface area contributed by atoms with Gasteiger partial charge in [0.05, 0.1) is 11.0 Å². The third kappa shape index (κ3) is 1.25. The first-order valence-electron chi connectivity index (χ1n) is 5.06. The number of benzene rings is 1.